The number of nitrogens with one attached hydrogen (secondary N) is 1. The molecule has 3 aromatic carbocycles. The second kappa shape index (κ2) is 9.83. The zero-order valence-electron chi connectivity index (χ0n) is 15.4. The van der Waals surface area contributed by atoms with Gasteiger partial charge in [0.25, 0.3) is 0 Å². The number of carbonyl (C=O) groups excluding carboxylic acids is 1. The van der Waals surface area contributed by atoms with Crippen LogP contribution in [0.5, 0.6) is 5.75 Å². The molecular formula is C23H23NO2S. The van der Waals surface area contributed by atoms with Crippen LogP contribution in [0.2, 0.25) is 0 Å². The van der Waals surface area contributed by atoms with Crippen LogP contribution in [0.15, 0.2) is 88.7 Å². The van der Waals surface area contributed by atoms with Crippen LogP contribution in [0.25, 0.3) is 0 Å². The Morgan fingerprint density at radius 2 is 1.63 bits per heavy atom. The lowest BCUT2D eigenvalue weighted by Crippen LogP contribution is -2.13. The van der Waals surface area contributed by atoms with Crippen molar-refractivity contribution in [3.8, 4) is 5.75 Å². The Morgan fingerprint density at radius 1 is 0.926 bits per heavy atom. The van der Waals surface area contributed by atoms with E-state index in [1.54, 1.807) is 11.8 Å². The van der Waals surface area contributed by atoms with E-state index in [0.717, 1.165) is 21.2 Å². The largest absolute Gasteiger partial charge is 0.494 e. The maximum Gasteiger partial charge on any atom is 0.224 e. The molecule has 0 aliphatic rings. The summed E-state index contributed by atoms with van der Waals surface area (Å²) in [6.45, 7) is 2.57. The van der Waals surface area contributed by atoms with Crippen molar-refractivity contribution in [2.24, 2.45) is 0 Å². The van der Waals surface area contributed by atoms with Crippen LogP contribution in [0.3, 0.4) is 0 Å². The van der Waals surface area contributed by atoms with Crippen LogP contribution in [-0.4, -0.2) is 12.5 Å². The Morgan fingerprint density at radius 3 is 2.41 bits per heavy atom. The summed E-state index contributed by atoms with van der Waals surface area (Å²) in [6, 6.07) is 26.0. The van der Waals surface area contributed by atoms with Crippen molar-refractivity contribution < 1.29 is 9.53 Å². The molecule has 0 atom stereocenters. The summed E-state index contributed by atoms with van der Waals surface area (Å²) in [5.41, 5.74) is 2.05. The van der Waals surface area contributed by atoms with Gasteiger partial charge in [0.2, 0.25) is 5.91 Å². The standard InChI is InChI=1S/C23H23NO2S/c1-18-13-15-19(16-14-18)26-17-7-12-23(25)24-21-10-5-6-11-22(21)27-20-8-3-2-4-9-20/h2-6,8-11,13-16H,7,12,17H2,1H3,(H,24,25). The van der Waals surface area contributed by atoms with Crippen molar-refractivity contribution in [3.05, 3.63) is 84.4 Å². The van der Waals surface area contributed by atoms with Gasteiger partial charge in [-0.05, 0) is 49.7 Å². The van der Waals surface area contributed by atoms with Gasteiger partial charge in [-0.1, -0.05) is 59.8 Å². The third kappa shape index (κ3) is 6.19. The SMILES string of the molecule is Cc1ccc(OCCCC(=O)Nc2ccccc2Sc2ccccc2)cc1. The fourth-order valence-corrected chi connectivity index (χ4v) is 3.47. The Kier molecular flexibility index (Phi) is 6.94. The van der Waals surface area contributed by atoms with Crippen LogP contribution in [-0.2, 0) is 4.79 Å². The van der Waals surface area contributed by atoms with E-state index in [9.17, 15) is 4.79 Å². The Bertz CT molecular complexity index is 863. The Balaban J connectivity index is 1.48. The van der Waals surface area contributed by atoms with Crippen LogP contribution >= 0.6 is 11.8 Å². The summed E-state index contributed by atoms with van der Waals surface area (Å²) in [6.07, 6.45) is 1.10. The molecule has 0 aliphatic carbocycles. The molecule has 0 heterocycles. The first kappa shape index (κ1) is 19.1. The van der Waals surface area contributed by atoms with Gasteiger partial charge in [0, 0.05) is 16.2 Å². The fourth-order valence-electron chi connectivity index (χ4n) is 2.54. The number of ether oxygens (including phenoxy) is 1. The highest BCUT2D eigenvalue weighted by molar-refractivity contribution is 7.99. The second-order valence-corrected chi connectivity index (χ2v) is 7.34. The van der Waals surface area contributed by atoms with Crippen molar-refractivity contribution in [3.63, 3.8) is 0 Å². The van der Waals surface area contributed by atoms with Crippen molar-refractivity contribution in [2.45, 2.75) is 29.6 Å². The first-order chi connectivity index (χ1) is 13.2. The van der Waals surface area contributed by atoms with Gasteiger partial charge in [-0.3, -0.25) is 4.79 Å². The molecule has 0 aliphatic heterocycles. The summed E-state index contributed by atoms with van der Waals surface area (Å²) >= 11 is 1.64. The Hall–Kier alpha value is -2.72. The second-order valence-electron chi connectivity index (χ2n) is 6.22. The highest BCUT2D eigenvalue weighted by Gasteiger charge is 2.08. The lowest BCUT2D eigenvalue weighted by molar-refractivity contribution is -0.116. The van der Waals surface area contributed by atoms with E-state index < -0.39 is 0 Å². The molecule has 0 aromatic heterocycles. The first-order valence-corrected chi connectivity index (χ1v) is 9.83. The Labute approximate surface area is 164 Å². The maximum atomic E-state index is 12.3. The summed E-state index contributed by atoms with van der Waals surface area (Å²) in [5.74, 6) is 0.842. The number of carbonyl (C=O) groups is 1. The lowest BCUT2D eigenvalue weighted by atomic mass is 10.2. The van der Waals surface area contributed by atoms with E-state index in [-0.39, 0.29) is 5.91 Å². The van der Waals surface area contributed by atoms with Crippen molar-refractivity contribution >= 4 is 23.4 Å². The van der Waals surface area contributed by atoms with E-state index in [2.05, 4.69) is 17.4 Å². The molecule has 3 rings (SSSR count). The number of anilines is 1. The zero-order valence-corrected chi connectivity index (χ0v) is 16.2. The molecule has 1 N–H and O–H groups in total. The average Bonchev–Trinajstić information content (AvgIpc) is 2.69. The van der Waals surface area contributed by atoms with E-state index in [4.69, 9.17) is 4.74 Å². The van der Waals surface area contributed by atoms with Crippen LogP contribution < -0.4 is 10.1 Å². The van der Waals surface area contributed by atoms with Gasteiger partial charge in [-0.25, -0.2) is 0 Å². The molecule has 0 radical (unpaired) electrons. The summed E-state index contributed by atoms with van der Waals surface area (Å²) in [5, 5.41) is 3.02. The van der Waals surface area contributed by atoms with Gasteiger partial charge < -0.3 is 10.1 Å². The number of amides is 1. The molecule has 0 saturated heterocycles. The first-order valence-electron chi connectivity index (χ1n) is 9.02. The summed E-state index contributed by atoms with van der Waals surface area (Å²) < 4.78 is 5.68. The predicted molar refractivity (Wildman–Crippen MR) is 112 cm³/mol. The third-order valence-electron chi connectivity index (χ3n) is 3.97. The van der Waals surface area contributed by atoms with Gasteiger partial charge >= 0.3 is 0 Å². The molecule has 1 amide bonds. The van der Waals surface area contributed by atoms with Gasteiger partial charge in [0.05, 0.1) is 12.3 Å². The zero-order chi connectivity index (χ0) is 18.9. The monoisotopic (exact) mass is 377 g/mol. The van der Waals surface area contributed by atoms with Crippen LogP contribution in [0, 0.1) is 6.92 Å². The maximum absolute atomic E-state index is 12.3. The summed E-state index contributed by atoms with van der Waals surface area (Å²) in [4.78, 5) is 14.5. The quantitative estimate of drug-likeness (QED) is 0.493. The van der Waals surface area contributed by atoms with Crippen molar-refractivity contribution in [2.75, 3.05) is 11.9 Å². The molecular weight excluding hydrogens is 354 g/mol. The normalized spacial score (nSPS) is 10.4. The van der Waals surface area contributed by atoms with Crippen molar-refractivity contribution in [1.82, 2.24) is 0 Å². The minimum Gasteiger partial charge on any atom is -0.494 e. The predicted octanol–water partition coefficient (Wildman–Crippen LogP) is 5.94. The molecule has 0 saturated carbocycles. The number of aryl methyl sites for hydroxylation is 1. The van der Waals surface area contributed by atoms with E-state index >= 15 is 0 Å². The molecule has 0 fully saturated rings. The third-order valence-corrected chi connectivity index (χ3v) is 5.05. The molecule has 0 bridgehead atoms. The van der Waals surface area contributed by atoms with Crippen LogP contribution in [0.1, 0.15) is 18.4 Å². The number of hydrogen-bond acceptors (Lipinski definition) is 3. The van der Waals surface area contributed by atoms with Gasteiger partial charge in [0.1, 0.15) is 5.75 Å². The molecule has 138 valence electrons. The molecule has 27 heavy (non-hydrogen) atoms. The topological polar surface area (TPSA) is 38.3 Å². The molecule has 4 heteroatoms. The lowest BCUT2D eigenvalue weighted by Gasteiger charge is -2.11. The minimum absolute atomic E-state index is 0.00335. The number of hydrogen-bond donors (Lipinski definition) is 1. The molecule has 3 nitrogen and oxygen atoms in total. The van der Waals surface area contributed by atoms with E-state index in [1.165, 1.54) is 5.56 Å². The number of benzene rings is 3. The van der Waals surface area contributed by atoms with Gasteiger partial charge in [0.15, 0.2) is 0 Å². The highest BCUT2D eigenvalue weighted by atomic mass is 32.2. The van der Waals surface area contributed by atoms with Gasteiger partial charge in [-0.2, -0.15) is 0 Å². The number of para-hydroxylation sites is 1. The highest BCUT2D eigenvalue weighted by Crippen LogP contribution is 2.33. The average molecular weight is 378 g/mol. The van der Waals surface area contributed by atoms with Crippen LogP contribution in [0.4, 0.5) is 5.69 Å². The minimum atomic E-state index is 0.00335. The molecule has 3 aromatic rings. The smallest absolute Gasteiger partial charge is 0.224 e. The molecule has 0 unspecified atom stereocenters. The van der Waals surface area contributed by atoms with E-state index in [1.807, 2.05) is 73.7 Å². The fraction of sp³-hybridized carbons (Fsp3) is 0.174. The molecule has 0 spiro atoms. The van der Waals surface area contributed by atoms with E-state index in [0.29, 0.717) is 19.4 Å². The number of rotatable bonds is 8. The van der Waals surface area contributed by atoms with Gasteiger partial charge in [-0.15, -0.1) is 0 Å². The summed E-state index contributed by atoms with van der Waals surface area (Å²) in [7, 11) is 0. The van der Waals surface area contributed by atoms with Crippen molar-refractivity contribution in [1.29, 1.82) is 0 Å².